The fraction of sp³-hybridized carbons (Fsp3) is 0.250. The molecule has 9 heteroatoms. The molecule has 5 nitrogen and oxygen atoms in total. The van der Waals surface area contributed by atoms with Gasteiger partial charge >= 0.3 is 6.18 Å². The SMILES string of the molecule is C[C@H](NC(=O)c1cccs1)C(=O)Nc1ccccc1NCC(F)(F)F. The van der Waals surface area contributed by atoms with Gasteiger partial charge in [-0.3, -0.25) is 9.59 Å². The zero-order valence-electron chi connectivity index (χ0n) is 13.2. The third kappa shape index (κ3) is 5.79. The van der Waals surface area contributed by atoms with Gasteiger partial charge < -0.3 is 16.0 Å². The Bertz CT molecular complexity index is 732. The Morgan fingerprint density at radius 2 is 1.80 bits per heavy atom. The van der Waals surface area contributed by atoms with E-state index in [-0.39, 0.29) is 17.3 Å². The average Bonchev–Trinajstić information content (AvgIpc) is 3.07. The Labute approximate surface area is 146 Å². The lowest BCUT2D eigenvalue weighted by Crippen LogP contribution is -2.41. The number of rotatable bonds is 6. The van der Waals surface area contributed by atoms with Crippen molar-refractivity contribution in [3.05, 3.63) is 46.7 Å². The first kappa shape index (κ1) is 18.8. The number of para-hydroxylation sites is 2. The molecule has 2 rings (SSSR count). The second kappa shape index (κ2) is 8.02. The monoisotopic (exact) mass is 371 g/mol. The minimum atomic E-state index is -4.38. The number of carbonyl (C=O) groups excluding carboxylic acids is 2. The topological polar surface area (TPSA) is 70.2 Å². The Balaban J connectivity index is 1.98. The highest BCUT2D eigenvalue weighted by Crippen LogP contribution is 2.23. The molecule has 1 aromatic carbocycles. The van der Waals surface area contributed by atoms with Crippen molar-refractivity contribution in [3.8, 4) is 0 Å². The van der Waals surface area contributed by atoms with Crippen LogP contribution in [0.15, 0.2) is 41.8 Å². The van der Waals surface area contributed by atoms with Crippen molar-refractivity contribution in [1.82, 2.24) is 5.32 Å². The van der Waals surface area contributed by atoms with Crippen molar-refractivity contribution in [1.29, 1.82) is 0 Å². The van der Waals surface area contributed by atoms with Crippen LogP contribution in [0.5, 0.6) is 0 Å². The fourth-order valence-electron chi connectivity index (χ4n) is 1.92. The molecule has 0 aliphatic rings. The van der Waals surface area contributed by atoms with Crippen molar-refractivity contribution in [2.45, 2.75) is 19.1 Å². The third-order valence-corrected chi connectivity index (χ3v) is 4.02. The van der Waals surface area contributed by atoms with Crippen molar-refractivity contribution in [2.75, 3.05) is 17.2 Å². The Morgan fingerprint density at radius 1 is 1.12 bits per heavy atom. The largest absolute Gasteiger partial charge is 0.405 e. The van der Waals surface area contributed by atoms with Crippen LogP contribution >= 0.6 is 11.3 Å². The standard InChI is InChI=1S/C16H16F3N3O2S/c1-10(21-15(24)13-7-4-8-25-13)14(23)22-12-6-3-2-5-11(12)20-9-16(17,18)19/h2-8,10,20H,9H2,1H3,(H,21,24)(H,22,23)/t10-/m0/s1. The number of anilines is 2. The van der Waals surface area contributed by atoms with E-state index in [0.29, 0.717) is 4.88 Å². The van der Waals surface area contributed by atoms with E-state index >= 15 is 0 Å². The van der Waals surface area contributed by atoms with Crippen LogP contribution in [0.25, 0.3) is 0 Å². The molecule has 0 fully saturated rings. The second-order valence-corrected chi connectivity index (χ2v) is 6.12. The average molecular weight is 371 g/mol. The quantitative estimate of drug-likeness (QED) is 0.728. The molecule has 0 saturated heterocycles. The second-order valence-electron chi connectivity index (χ2n) is 5.18. The first-order chi connectivity index (χ1) is 11.8. The number of nitrogens with one attached hydrogen (secondary N) is 3. The van der Waals surface area contributed by atoms with Crippen molar-refractivity contribution >= 4 is 34.5 Å². The van der Waals surface area contributed by atoms with Gasteiger partial charge in [-0.2, -0.15) is 13.2 Å². The summed E-state index contributed by atoms with van der Waals surface area (Å²) in [5, 5.41) is 9.03. The summed E-state index contributed by atoms with van der Waals surface area (Å²) in [6.45, 7) is 0.275. The molecule has 0 aliphatic carbocycles. The van der Waals surface area contributed by atoms with Crippen LogP contribution in [0, 0.1) is 0 Å². The van der Waals surface area contributed by atoms with E-state index in [2.05, 4.69) is 16.0 Å². The number of hydrogen-bond donors (Lipinski definition) is 3. The van der Waals surface area contributed by atoms with Crippen LogP contribution in [0.3, 0.4) is 0 Å². The number of hydrogen-bond acceptors (Lipinski definition) is 4. The zero-order valence-corrected chi connectivity index (χ0v) is 14.0. The minimum absolute atomic E-state index is 0.143. The van der Waals surface area contributed by atoms with E-state index in [1.807, 2.05) is 0 Å². The molecule has 134 valence electrons. The van der Waals surface area contributed by atoms with Gasteiger partial charge in [0.05, 0.1) is 16.3 Å². The number of amides is 2. The lowest BCUT2D eigenvalue weighted by atomic mass is 10.2. The zero-order chi connectivity index (χ0) is 18.4. The van der Waals surface area contributed by atoms with Crippen LogP contribution in [0.2, 0.25) is 0 Å². The number of carbonyl (C=O) groups is 2. The number of alkyl halides is 3. The summed E-state index contributed by atoms with van der Waals surface area (Å²) in [5.41, 5.74) is 0.346. The van der Waals surface area contributed by atoms with Gasteiger partial charge in [-0.1, -0.05) is 18.2 Å². The molecule has 25 heavy (non-hydrogen) atoms. The van der Waals surface area contributed by atoms with E-state index in [9.17, 15) is 22.8 Å². The lowest BCUT2D eigenvalue weighted by molar-refractivity contribution is -0.117. The van der Waals surface area contributed by atoms with Gasteiger partial charge in [0.15, 0.2) is 0 Å². The van der Waals surface area contributed by atoms with E-state index < -0.39 is 24.7 Å². The van der Waals surface area contributed by atoms with Crippen molar-refractivity contribution in [3.63, 3.8) is 0 Å². The molecule has 1 heterocycles. The fourth-order valence-corrected chi connectivity index (χ4v) is 2.55. The Hall–Kier alpha value is -2.55. The van der Waals surface area contributed by atoms with E-state index in [4.69, 9.17) is 0 Å². The molecule has 0 radical (unpaired) electrons. The maximum absolute atomic E-state index is 12.3. The molecule has 0 saturated carbocycles. The van der Waals surface area contributed by atoms with E-state index in [1.165, 1.54) is 30.4 Å². The van der Waals surface area contributed by atoms with Gasteiger partial charge in [0, 0.05) is 0 Å². The maximum Gasteiger partial charge on any atom is 0.405 e. The Kier molecular flexibility index (Phi) is 6.02. The van der Waals surface area contributed by atoms with Gasteiger partial charge in [-0.25, -0.2) is 0 Å². The van der Waals surface area contributed by atoms with Gasteiger partial charge in [0.25, 0.3) is 5.91 Å². The molecule has 0 aliphatic heterocycles. The summed E-state index contributed by atoms with van der Waals surface area (Å²) < 4.78 is 37.0. The molecule has 2 aromatic rings. The predicted molar refractivity (Wildman–Crippen MR) is 90.9 cm³/mol. The summed E-state index contributed by atoms with van der Waals surface area (Å²) in [6, 6.07) is 8.53. The molecule has 1 atom stereocenters. The molecule has 0 bridgehead atoms. The summed E-state index contributed by atoms with van der Waals surface area (Å²) in [6.07, 6.45) is -4.38. The van der Waals surface area contributed by atoms with Gasteiger partial charge in [-0.05, 0) is 30.5 Å². The van der Waals surface area contributed by atoms with Gasteiger partial charge in [-0.15, -0.1) is 11.3 Å². The van der Waals surface area contributed by atoms with Crippen molar-refractivity contribution < 1.29 is 22.8 Å². The van der Waals surface area contributed by atoms with Crippen LogP contribution in [0.4, 0.5) is 24.5 Å². The van der Waals surface area contributed by atoms with E-state index in [1.54, 1.807) is 29.6 Å². The highest BCUT2D eigenvalue weighted by atomic mass is 32.1. The summed E-state index contributed by atoms with van der Waals surface area (Å²) in [4.78, 5) is 24.6. The van der Waals surface area contributed by atoms with Gasteiger partial charge in [0.2, 0.25) is 5.91 Å². The van der Waals surface area contributed by atoms with Crippen LogP contribution in [0.1, 0.15) is 16.6 Å². The van der Waals surface area contributed by atoms with Gasteiger partial charge in [0.1, 0.15) is 12.6 Å². The minimum Gasteiger partial charge on any atom is -0.375 e. The first-order valence-corrected chi connectivity index (χ1v) is 8.19. The highest BCUT2D eigenvalue weighted by Gasteiger charge is 2.27. The van der Waals surface area contributed by atoms with Crippen LogP contribution < -0.4 is 16.0 Å². The molecular weight excluding hydrogens is 355 g/mol. The van der Waals surface area contributed by atoms with Crippen LogP contribution in [-0.2, 0) is 4.79 Å². The van der Waals surface area contributed by atoms with Crippen LogP contribution in [-0.4, -0.2) is 30.6 Å². The number of benzene rings is 1. The number of thiophene rings is 1. The Morgan fingerprint density at radius 3 is 2.40 bits per heavy atom. The molecule has 0 spiro atoms. The first-order valence-electron chi connectivity index (χ1n) is 7.31. The molecule has 0 unspecified atom stereocenters. The smallest absolute Gasteiger partial charge is 0.375 e. The molecule has 2 amide bonds. The summed E-state index contributed by atoms with van der Waals surface area (Å²) >= 11 is 1.24. The van der Waals surface area contributed by atoms with E-state index in [0.717, 1.165) is 0 Å². The molecule has 1 aromatic heterocycles. The lowest BCUT2D eigenvalue weighted by Gasteiger charge is -2.17. The normalized spacial score (nSPS) is 12.3. The predicted octanol–water partition coefficient (Wildman–Crippen LogP) is 3.48. The summed E-state index contributed by atoms with van der Waals surface area (Å²) in [7, 11) is 0. The molecular formula is C16H16F3N3O2S. The number of halogens is 3. The van der Waals surface area contributed by atoms with Crippen molar-refractivity contribution in [2.24, 2.45) is 0 Å². The molecule has 3 N–H and O–H groups in total. The third-order valence-electron chi connectivity index (χ3n) is 3.15. The summed E-state index contributed by atoms with van der Waals surface area (Å²) in [5.74, 6) is -0.924. The maximum atomic E-state index is 12.3. The highest BCUT2D eigenvalue weighted by molar-refractivity contribution is 7.12.